The summed E-state index contributed by atoms with van der Waals surface area (Å²) in [5.74, 6) is 0.211. The maximum absolute atomic E-state index is 12.0. The van der Waals surface area contributed by atoms with Crippen LogP contribution in [0.1, 0.15) is 63.9 Å². The third kappa shape index (κ3) is 7.44. The number of hydrogen-bond acceptors (Lipinski definition) is 2. The van der Waals surface area contributed by atoms with Crippen molar-refractivity contribution in [3.63, 3.8) is 0 Å². The van der Waals surface area contributed by atoms with E-state index in [2.05, 4.69) is 6.92 Å². The Morgan fingerprint density at radius 2 is 1.60 bits per heavy atom. The third-order valence-corrected chi connectivity index (χ3v) is 3.74. The van der Waals surface area contributed by atoms with Gasteiger partial charge in [-0.2, -0.15) is 0 Å². The Hall–Kier alpha value is -1.15. The van der Waals surface area contributed by atoms with Crippen LogP contribution in [-0.4, -0.2) is 11.8 Å². The third-order valence-electron chi connectivity index (χ3n) is 3.74. The highest BCUT2D eigenvalue weighted by Gasteiger charge is 2.13. The maximum Gasteiger partial charge on any atom is 0.149 e. The molecule has 0 unspecified atom stereocenters. The van der Waals surface area contributed by atoms with Crippen LogP contribution in [0, 0.1) is 0 Å². The molecule has 0 heterocycles. The first-order valence-corrected chi connectivity index (χ1v) is 8.06. The first-order chi connectivity index (χ1) is 9.74. The molecule has 112 valence electrons. The maximum atomic E-state index is 12.0. The minimum Gasteiger partial charge on any atom is -0.321 e. The molecule has 1 aromatic rings. The van der Waals surface area contributed by atoms with Crippen LogP contribution in [0.5, 0.6) is 0 Å². The van der Waals surface area contributed by atoms with E-state index >= 15 is 0 Å². The van der Waals surface area contributed by atoms with Crippen LogP contribution in [0.2, 0.25) is 0 Å². The van der Waals surface area contributed by atoms with E-state index in [1.165, 1.54) is 32.1 Å². The predicted octanol–water partition coefficient (Wildman–Crippen LogP) is 4.27. The molecular weight excluding hydrogens is 246 g/mol. The molecule has 1 aromatic carbocycles. The zero-order valence-corrected chi connectivity index (χ0v) is 12.8. The summed E-state index contributed by atoms with van der Waals surface area (Å²) < 4.78 is 0. The second-order valence-electron chi connectivity index (χ2n) is 5.63. The fraction of sp³-hybridized carbons (Fsp3) is 0.611. The summed E-state index contributed by atoms with van der Waals surface area (Å²) in [5, 5.41) is 0. The van der Waals surface area contributed by atoms with E-state index in [0.29, 0.717) is 12.8 Å². The van der Waals surface area contributed by atoms with Crippen LogP contribution in [-0.2, 0) is 11.2 Å². The molecule has 2 nitrogen and oxygen atoms in total. The molecule has 20 heavy (non-hydrogen) atoms. The number of unbranched alkanes of at least 4 members (excludes halogenated alkanes) is 6. The molecule has 2 N–H and O–H groups in total. The van der Waals surface area contributed by atoms with Crippen molar-refractivity contribution in [3.8, 4) is 0 Å². The number of benzene rings is 1. The second kappa shape index (κ2) is 10.6. The van der Waals surface area contributed by atoms with E-state index in [1.54, 1.807) is 0 Å². The van der Waals surface area contributed by atoms with Crippen molar-refractivity contribution in [2.24, 2.45) is 5.73 Å². The number of rotatable bonds is 11. The van der Waals surface area contributed by atoms with Gasteiger partial charge in [0, 0.05) is 6.42 Å². The molecule has 2 heteroatoms. The molecule has 1 atom stereocenters. The van der Waals surface area contributed by atoms with Crippen molar-refractivity contribution in [1.82, 2.24) is 0 Å². The molecule has 0 aromatic heterocycles. The normalized spacial score (nSPS) is 12.3. The van der Waals surface area contributed by atoms with Crippen LogP contribution in [0.4, 0.5) is 0 Å². The second-order valence-corrected chi connectivity index (χ2v) is 5.63. The fourth-order valence-corrected chi connectivity index (χ4v) is 2.42. The SMILES string of the molecule is CCCCCCCCCC(=O)[C@H](N)Cc1ccccc1. The number of hydrogen-bond donors (Lipinski definition) is 1. The van der Waals surface area contributed by atoms with Crippen molar-refractivity contribution in [2.75, 3.05) is 0 Å². The summed E-state index contributed by atoms with van der Waals surface area (Å²) in [6.45, 7) is 2.23. The highest BCUT2D eigenvalue weighted by Crippen LogP contribution is 2.10. The average molecular weight is 275 g/mol. The van der Waals surface area contributed by atoms with Crippen molar-refractivity contribution < 1.29 is 4.79 Å². The van der Waals surface area contributed by atoms with Crippen molar-refractivity contribution in [1.29, 1.82) is 0 Å². The first-order valence-electron chi connectivity index (χ1n) is 8.06. The van der Waals surface area contributed by atoms with Crippen molar-refractivity contribution >= 4 is 5.78 Å². The minimum atomic E-state index is -0.336. The molecule has 0 aliphatic heterocycles. The van der Waals surface area contributed by atoms with Gasteiger partial charge in [0.2, 0.25) is 0 Å². The van der Waals surface area contributed by atoms with Gasteiger partial charge in [0.25, 0.3) is 0 Å². The number of Topliss-reactive ketones (excluding diaryl/α,β-unsaturated/α-hetero) is 1. The summed E-state index contributed by atoms with van der Waals surface area (Å²) in [5.41, 5.74) is 7.13. The van der Waals surface area contributed by atoms with Gasteiger partial charge < -0.3 is 5.73 Å². The Morgan fingerprint density at radius 3 is 2.25 bits per heavy atom. The van der Waals surface area contributed by atoms with Gasteiger partial charge in [-0.1, -0.05) is 75.8 Å². The Kier molecular flexibility index (Phi) is 8.97. The lowest BCUT2D eigenvalue weighted by atomic mass is 9.99. The van der Waals surface area contributed by atoms with Crippen LogP contribution in [0.25, 0.3) is 0 Å². The zero-order chi connectivity index (χ0) is 14.6. The quantitative estimate of drug-likeness (QED) is 0.613. The predicted molar refractivity (Wildman–Crippen MR) is 85.7 cm³/mol. The first kappa shape index (κ1) is 16.9. The van der Waals surface area contributed by atoms with E-state index in [4.69, 9.17) is 5.73 Å². The minimum absolute atomic E-state index is 0.211. The topological polar surface area (TPSA) is 43.1 Å². The zero-order valence-electron chi connectivity index (χ0n) is 12.8. The molecule has 0 fully saturated rings. The van der Waals surface area contributed by atoms with Crippen LogP contribution in [0.15, 0.2) is 30.3 Å². The monoisotopic (exact) mass is 275 g/mol. The smallest absolute Gasteiger partial charge is 0.149 e. The summed E-state index contributed by atoms with van der Waals surface area (Å²) in [4.78, 5) is 12.0. The largest absolute Gasteiger partial charge is 0.321 e. The lowest BCUT2D eigenvalue weighted by molar-refractivity contribution is -0.120. The van der Waals surface area contributed by atoms with Gasteiger partial charge in [-0.25, -0.2) is 0 Å². The molecule has 0 aliphatic carbocycles. The molecule has 0 radical (unpaired) electrons. The lowest BCUT2D eigenvalue weighted by Gasteiger charge is -2.10. The highest BCUT2D eigenvalue weighted by atomic mass is 16.1. The molecule has 0 spiro atoms. The van der Waals surface area contributed by atoms with E-state index in [9.17, 15) is 4.79 Å². The Labute approximate surface area is 123 Å². The van der Waals surface area contributed by atoms with Crippen LogP contribution in [0.3, 0.4) is 0 Å². The summed E-state index contributed by atoms with van der Waals surface area (Å²) >= 11 is 0. The van der Waals surface area contributed by atoms with Gasteiger partial charge in [-0.15, -0.1) is 0 Å². The Morgan fingerprint density at radius 1 is 1.00 bits per heavy atom. The van der Waals surface area contributed by atoms with Gasteiger partial charge in [-0.3, -0.25) is 4.79 Å². The molecule has 1 rings (SSSR count). The summed E-state index contributed by atoms with van der Waals surface area (Å²) in [6.07, 6.45) is 9.96. The number of ketones is 1. The standard InChI is InChI=1S/C18H29NO/c1-2-3-4-5-6-7-11-14-18(20)17(19)15-16-12-9-8-10-13-16/h8-10,12-13,17H,2-7,11,14-15,19H2,1H3/t17-/m1/s1. The number of nitrogens with two attached hydrogens (primary N) is 1. The van der Waals surface area contributed by atoms with Crippen LogP contribution >= 0.6 is 0 Å². The van der Waals surface area contributed by atoms with E-state index in [0.717, 1.165) is 18.4 Å². The molecule has 0 aliphatic rings. The fourth-order valence-electron chi connectivity index (χ4n) is 2.42. The van der Waals surface area contributed by atoms with Gasteiger partial charge >= 0.3 is 0 Å². The van der Waals surface area contributed by atoms with Gasteiger partial charge in [0.1, 0.15) is 5.78 Å². The number of carbonyl (C=O) groups is 1. The lowest BCUT2D eigenvalue weighted by Crippen LogP contribution is -2.32. The Bertz CT molecular complexity index is 361. The van der Waals surface area contributed by atoms with E-state index < -0.39 is 0 Å². The van der Waals surface area contributed by atoms with E-state index in [1.807, 2.05) is 30.3 Å². The van der Waals surface area contributed by atoms with Crippen molar-refractivity contribution in [2.45, 2.75) is 70.8 Å². The average Bonchev–Trinajstić information content (AvgIpc) is 2.47. The van der Waals surface area contributed by atoms with Gasteiger partial charge in [0.05, 0.1) is 6.04 Å². The molecule has 0 saturated heterocycles. The molecule has 0 bridgehead atoms. The van der Waals surface area contributed by atoms with Crippen LogP contribution < -0.4 is 5.73 Å². The van der Waals surface area contributed by atoms with Gasteiger partial charge in [-0.05, 0) is 18.4 Å². The highest BCUT2D eigenvalue weighted by molar-refractivity contribution is 5.84. The summed E-state index contributed by atoms with van der Waals surface area (Å²) in [7, 11) is 0. The number of carbonyl (C=O) groups excluding carboxylic acids is 1. The summed E-state index contributed by atoms with van der Waals surface area (Å²) in [6, 6.07) is 9.68. The molecule has 0 amide bonds. The van der Waals surface area contributed by atoms with Gasteiger partial charge in [0.15, 0.2) is 0 Å². The molecule has 0 saturated carbocycles. The van der Waals surface area contributed by atoms with Crippen molar-refractivity contribution in [3.05, 3.63) is 35.9 Å². The van der Waals surface area contributed by atoms with E-state index in [-0.39, 0.29) is 11.8 Å². The molecular formula is C18H29NO. The Balaban J connectivity index is 2.10.